The van der Waals surface area contributed by atoms with Gasteiger partial charge in [-0.05, 0) is 18.1 Å². The van der Waals surface area contributed by atoms with Gasteiger partial charge in [0.25, 0.3) is 0 Å². The highest BCUT2D eigenvalue weighted by molar-refractivity contribution is 5.37. The molecule has 1 aromatic rings. The first-order valence-electron chi connectivity index (χ1n) is 4.36. The topological polar surface area (TPSA) is 89.4 Å². The molecule has 0 aliphatic rings. The number of aliphatic hydroxyl groups excluding tert-OH is 1. The van der Waals surface area contributed by atoms with E-state index >= 15 is 0 Å². The number of aliphatic hydroxyl groups is 1. The molecule has 0 heterocycles. The monoisotopic (exact) mass is 214 g/mol. The highest BCUT2D eigenvalue weighted by Crippen LogP contribution is 2.22. The lowest BCUT2D eigenvalue weighted by molar-refractivity contribution is -0.387. The zero-order valence-corrected chi connectivity index (χ0v) is 7.89. The summed E-state index contributed by atoms with van der Waals surface area (Å²) in [5, 5.41) is 19.1. The van der Waals surface area contributed by atoms with Gasteiger partial charge >= 0.3 is 5.69 Å². The van der Waals surface area contributed by atoms with E-state index in [9.17, 15) is 14.5 Å². The van der Waals surface area contributed by atoms with Gasteiger partial charge in [-0.25, -0.2) is 0 Å². The normalized spacial score (nSPS) is 12.5. The van der Waals surface area contributed by atoms with Crippen LogP contribution in [0.2, 0.25) is 0 Å². The molecule has 0 bridgehead atoms. The van der Waals surface area contributed by atoms with Gasteiger partial charge < -0.3 is 10.8 Å². The number of halogens is 1. The van der Waals surface area contributed by atoms with Crippen molar-refractivity contribution in [2.75, 3.05) is 6.61 Å². The molecule has 0 unspecified atom stereocenters. The predicted molar refractivity (Wildman–Crippen MR) is 51.7 cm³/mol. The van der Waals surface area contributed by atoms with E-state index in [0.717, 1.165) is 12.1 Å². The molecule has 15 heavy (non-hydrogen) atoms. The SMILES string of the molecule is N[C@H](CCO)c1ccc(F)c([N+](=O)[O-])c1. The maximum atomic E-state index is 12.9. The molecule has 0 spiro atoms. The third kappa shape index (κ3) is 2.71. The Balaban J connectivity index is 3.02. The molecule has 0 radical (unpaired) electrons. The van der Waals surface area contributed by atoms with Crippen molar-refractivity contribution < 1.29 is 14.4 Å². The molecule has 0 aliphatic heterocycles. The summed E-state index contributed by atoms with van der Waals surface area (Å²) < 4.78 is 12.9. The highest BCUT2D eigenvalue weighted by Gasteiger charge is 2.16. The van der Waals surface area contributed by atoms with E-state index in [-0.39, 0.29) is 13.0 Å². The zero-order valence-electron chi connectivity index (χ0n) is 7.89. The Bertz CT molecular complexity index is 370. The first-order valence-corrected chi connectivity index (χ1v) is 4.36. The molecule has 1 atom stereocenters. The van der Waals surface area contributed by atoms with Crippen molar-refractivity contribution in [1.82, 2.24) is 0 Å². The Labute approximate surface area is 85.5 Å². The van der Waals surface area contributed by atoms with Gasteiger partial charge in [0.1, 0.15) is 0 Å². The summed E-state index contributed by atoms with van der Waals surface area (Å²) in [5.74, 6) is -0.889. The van der Waals surface area contributed by atoms with E-state index in [4.69, 9.17) is 10.8 Å². The van der Waals surface area contributed by atoms with Crippen LogP contribution in [0.3, 0.4) is 0 Å². The number of nitrogens with two attached hydrogens (primary N) is 1. The Morgan fingerprint density at radius 3 is 2.80 bits per heavy atom. The average Bonchev–Trinajstić information content (AvgIpc) is 2.18. The lowest BCUT2D eigenvalue weighted by Gasteiger charge is -2.09. The second kappa shape index (κ2) is 4.81. The quantitative estimate of drug-likeness (QED) is 0.580. The molecule has 0 saturated carbocycles. The molecule has 0 aromatic heterocycles. The second-order valence-corrected chi connectivity index (χ2v) is 3.09. The Hall–Kier alpha value is -1.53. The lowest BCUT2D eigenvalue weighted by Crippen LogP contribution is -2.12. The van der Waals surface area contributed by atoms with Crippen molar-refractivity contribution >= 4 is 5.69 Å². The van der Waals surface area contributed by atoms with Gasteiger partial charge in [-0.1, -0.05) is 6.07 Å². The summed E-state index contributed by atoms with van der Waals surface area (Å²) in [5.41, 5.74) is 5.46. The third-order valence-corrected chi connectivity index (χ3v) is 2.04. The Morgan fingerprint density at radius 2 is 2.27 bits per heavy atom. The molecule has 1 aromatic carbocycles. The van der Waals surface area contributed by atoms with E-state index in [1.165, 1.54) is 6.07 Å². The number of benzene rings is 1. The van der Waals surface area contributed by atoms with E-state index in [1.807, 2.05) is 0 Å². The van der Waals surface area contributed by atoms with Crippen molar-refractivity contribution in [2.45, 2.75) is 12.5 Å². The van der Waals surface area contributed by atoms with E-state index in [2.05, 4.69) is 0 Å². The third-order valence-electron chi connectivity index (χ3n) is 2.04. The van der Waals surface area contributed by atoms with Crippen LogP contribution in [0.15, 0.2) is 18.2 Å². The summed E-state index contributed by atoms with van der Waals surface area (Å²) in [6, 6.07) is 2.96. The number of nitrogens with zero attached hydrogens (tertiary/aromatic N) is 1. The molecule has 1 rings (SSSR count). The average molecular weight is 214 g/mol. The number of nitro groups is 1. The van der Waals surface area contributed by atoms with Crippen LogP contribution in [0.5, 0.6) is 0 Å². The fraction of sp³-hybridized carbons (Fsp3) is 0.333. The van der Waals surface area contributed by atoms with Crippen LogP contribution in [0.1, 0.15) is 18.0 Å². The smallest absolute Gasteiger partial charge is 0.305 e. The van der Waals surface area contributed by atoms with Crippen molar-refractivity contribution in [3.63, 3.8) is 0 Å². The first-order chi connectivity index (χ1) is 7.06. The molecular formula is C9H11FN2O3. The van der Waals surface area contributed by atoms with Crippen molar-refractivity contribution in [3.8, 4) is 0 Å². The van der Waals surface area contributed by atoms with Crippen LogP contribution < -0.4 is 5.73 Å². The fourth-order valence-corrected chi connectivity index (χ4v) is 1.21. The van der Waals surface area contributed by atoms with Crippen LogP contribution in [-0.4, -0.2) is 16.6 Å². The van der Waals surface area contributed by atoms with Gasteiger partial charge in [-0.3, -0.25) is 10.1 Å². The number of hydrogen-bond acceptors (Lipinski definition) is 4. The van der Waals surface area contributed by atoms with Crippen LogP contribution in [0.4, 0.5) is 10.1 Å². The number of rotatable bonds is 4. The maximum absolute atomic E-state index is 12.9. The van der Waals surface area contributed by atoms with E-state index < -0.39 is 22.5 Å². The fourth-order valence-electron chi connectivity index (χ4n) is 1.21. The Morgan fingerprint density at radius 1 is 1.60 bits per heavy atom. The highest BCUT2D eigenvalue weighted by atomic mass is 19.1. The largest absolute Gasteiger partial charge is 0.396 e. The number of nitro benzene ring substituents is 1. The van der Waals surface area contributed by atoms with Gasteiger partial charge in [0.2, 0.25) is 5.82 Å². The lowest BCUT2D eigenvalue weighted by atomic mass is 10.0. The predicted octanol–water partition coefficient (Wildman–Crippen LogP) is 1.12. The first kappa shape index (κ1) is 11.5. The second-order valence-electron chi connectivity index (χ2n) is 3.09. The number of hydrogen-bond donors (Lipinski definition) is 2. The summed E-state index contributed by atoms with van der Waals surface area (Å²) >= 11 is 0. The van der Waals surface area contributed by atoms with Crippen molar-refractivity contribution in [1.29, 1.82) is 0 Å². The summed E-state index contributed by atoms with van der Waals surface area (Å²) in [6.45, 7) is -0.119. The summed E-state index contributed by atoms with van der Waals surface area (Å²) in [4.78, 5) is 9.63. The maximum Gasteiger partial charge on any atom is 0.305 e. The van der Waals surface area contributed by atoms with Gasteiger partial charge in [-0.15, -0.1) is 0 Å². The van der Waals surface area contributed by atoms with Crippen molar-refractivity contribution in [3.05, 3.63) is 39.7 Å². The van der Waals surface area contributed by atoms with Crippen LogP contribution in [0, 0.1) is 15.9 Å². The van der Waals surface area contributed by atoms with E-state index in [1.54, 1.807) is 0 Å². The molecule has 0 aliphatic carbocycles. The van der Waals surface area contributed by atoms with Gasteiger partial charge in [-0.2, -0.15) is 4.39 Å². The van der Waals surface area contributed by atoms with E-state index in [0.29, 0.717) is 5.56 Å². The minimum atomic E-state index is -0.889. The molecular weight excluding hydrogens is 203 g/mol. The van der Waals surface area contributed by atoms with Crippen molar-refractivity contribution in [2.24, 2.45) is 5.73 Å². The molecule has 0 amide bonds. The van der Waals surface area contributed by atoms with Gasteiger partial charge in [0.05, 0.1) is 4.92 Å². The van der Waals surface area contributed by atoms with Crippen LogP contribution in [-0.2, 0) is 0 Å². The van der Waals surface area contributed by atoms with Gasteiger partial charge in [0, 0.05) is 18.7 Å². The molecule has 5 nitrogen and oxygen atoms in total. The molecule has 3 N–H and O–H groups in total. The van der Waals surface area contributed by atoms with Gasteiger partial charge in [0.15, 0.2) is 0 Å². The molecule has 0 fully saturated rings. The minimum Gasteiger partial charge on any atom is -0.396 e. The molecule has 82 valence electrons. The zero-order chi connectivity index (χ0) is 11.4. The van der Waals surface area contributed by atoms with Crippen LogP contribution >= 0.6 is 0 Å². The minimum absolute atomic E-state index is 0.119. The summed E-state index contributed by atoms with van der Waals surface area (Å²) in [7, 11) is 0. The Kier molecular flexibility index (Phi) is 3.70. The van der Waals surface area contributed by atoms with Crippen LogP contribution in [0.25, 0.3) is 0 Å². The standard InChI is InChI=1S/C9H11FN2O3/c10-7-2-1-6(8(11)3-4-13)5-9(7)12(14)15/h1-2,5,8,13H,3-4,11H2/t8-/m1/s1. The molecule has 6 heteroatoms. The molecule has 0 saturated heterocycles. The summed E-state index contributed by atoms with van der Waals surface area (Å²) in [6.07, 6.45) is 0.281.